The predicted octanol–water partition coefficient (Wildman–Crippen LogP) is 2.93. The predicted molar refractivity (Wildman–Crippen MR) is 68.4 cm³/mol. The molecule has 1 aliphatic rings. The van der Waals surface area contributed by atoms with Crippen molar-refractivity contribution in [2.75, 3.05) is 0 Å². The first kappa shape index (κ1) is 12.6. The normalized spacial score (nSPS) is 22.7. The monoisotopic (exact) mass is 244 g/mol. The molecule has 1 N–H and O–H groups in total. The van der Waals surface area contributed by atoms with Crippen LogP contribution in [0.15, 0.2) is 42.5 Å². The zero-order valence-corrected chi connectivity index (χ0v) is 10.1. The van der Waals surface area contributed by atoms with E-state index < -0.39 is 5.97 Å². The van der Waals surface area contributed by atoms with Gasteiger partial charge in [-0.15, -0.1) is 0 Å². The smallest absolute Gasteiger partial charge is 0.306 e. The Morgan fingerprint density at radius 1 is 1.22 bits per heavy atom. The van der Waals surface area contributed by atoms with Crippen LogP contribution < -0.4 is 0 Å². The molecule has 0 amide bonds. The molecule has 3 nitrogen and oxygen atoms in total. The highest BCUT2D eigenvalue weighted by Gasteiger charge is 2.25. The molecule has 0 aliphatic heterocycles. The van der Waals surface area contributed by atoms with Gasteiger partial charge in [0.1, 0.15) is 0 Å². The van der Waals surface area contributed by atoms with E-state index in [9.17, 15) is 9.59 Å². The number of carboxylic acids is 1. The SMILES string of the molecule is O=C(CC1C=CCC(C(=O)O)C1)c1ccccc1. The summed E-state index contributed by atoms with van der Waals surface area (Å²) < 4.78 is 0. The van der Waals surface area contributed by atoms with E-state index in [1.54, 1.807) is 12.1 Å². The maximum Gasteiger partial charge on any atom is 0.306 e. The number of aliphatic carboxylic acids is 1. The first-order chi connectivity index (χ1) is 8.66. The van der Waals surface area contributed by atoms with Gasteiger partial charge in [-0.2, -0.15) is 0 Å². The summed E-state index contributed by atoms with van der Waals surface area (Å²) in [6.07, 6.45) is 5.38. The molecule has 1 aromatic carbocycles. The van der Waals surface area contributed by atoms with E-state index in [-0.39, 0.29) is 17.6 Å². The molecule has 0 saturated carbocycles. The number of carbonyl (C=O) groups excluding carboxylic acids is 1. The molecule has 0 aromatic heterocycles. The maximum absolute atomic E-state index is 12.0. The summed E-state index contributed by atoms with van der Waals surface area (Å²) in [5, 5.41) is 8.99. The second-order valence-corrected chi connectivity index (χ2v) is 4.69. The third-order valence-electron chi connectivity index (χ3n) is 3.31. The molecule has 2 rings (SSSR count). The van der Waals surface area contributed by atoms with Gasteiger partial charge in [-0.3, -0.25) is 9.59 Å². The van der Waals surface area contributed by atoms with Crippen molar-refractivity contribution in [3.63, 3.8) is 0 Å². The van der Waals surface area contributed by atoms with Crippen LogP contribution >= 0.6 is 0 Å². The molecule has 94 valence electrons. The van der Waals surface area contributed by atoms with Crippen LogP contribution in [0.2, 0.25) is 0 Å². The van der Waals surface area contributed by atoms with Crippen molar-refractivity contribution in [3.8, 4) is 0 Å². The number of allylic oxidation sites excluding steroid dienone is 2. The van der Waals surface area contributed by atoms with E-state index in [4.69, 9.17) is 5.11 Å². The average Bonchev–Trinajstić information content (AvgIpc) is 2.40. The second-order valence-electron chi connectivity index (χ2n) is 4.69. The minimum Gasteiger partial charge on any atom is -0.481 e. The Bertz CT molecular complexity index is 462. The average molecular weight is 244 g/mol. The van der Waals surface area contributed by atoms with E-state index in [2.05, 4.69) is 0 Å². The molecule has 0 spiro atoms. The van der Waals surface area contributed by atoms with Crippen molar-refractivity contribution in [2.24, 2.45) is 11.8 Å². The molecule has 1 aromatic rings. The first-order valence-corrected chi connectivity index (χ1v) is 6.14. The Hall–Kier alpha value is -1.90. The van der Waals surface area contributed by atoms with Crippen molar-refractivity contribution in [3.05, 3.63) is 48.0 Å². The molecule has 18 heavy (non-hydrogen) atoms. The molecule has 2 atom stereocenters. The fraction of sp³-hybridized carbons (Fsp3) is 0.333. The van der Waals surface area contributed by atoms with E-state index >= 15 is 0 Å². The standard InChI is InChI=1S/C15H16O3/c16-14(12-6-2-1-3-7-12)10-11-5-4-8-13(9-11)15(17)18/h1-7,11,13H,8-10H2,(H,17,18). The summed E-state index contributed by atoms with van der Waals surface area (Å²) in [4.78, 5) is 22.9. The maximum atomic E-state index is 12.0. The topological polar surface area (TPSA) is 54.4 Å². The van der Waals surface area contributed by atoms with Crippen molar-refractivity contribution in [1.29, 1.82) is 0 Å². The Morgan fingerprint density at radius 2 is 1.94 bits per heavy atom. The van der Waals surface area contributed by atoms with Crippen molar-refractivity contribution >= 4 is 11.8 Å². The van der Waals surface area contributed by atoms with Gasteiger partial charge >= 0.3 is 5.97 Å². The van der Waals surface area contributed by atoms with Crippen molar-refractivity contribution in [1.82, 2.24) is 0 Å². The lowest BCUT2D eigenvalue weighted by atomic mass is 9.83. The Morgan fingerprint density at radius 3 is 2.61 bits per heavy atom. The zero-order chi connectivity index (χ0) is 13.0. The lowest BCUT2D eigenvalue weighted by Gasteiger charge is -2.21. The first-order valence-electron chi connectivity index (χ1n) is 6.14. The third kappa shape index (κ3) is 3.06. The fourth-order valence-electron chi connectivity index (χ4n) is 2.31. The van der Waals surface area contributed by atoms with Crippen molar-refractivity contribution < 1.29 is 14.7 Å². The molecule has 0 fully saturated rings. The van der Waals surface area contributed by atoms with Crippen LogP contribution in [-0.2, 0) is 4.79 Å². The molecule has 3 heteroatoms. The number of Topliss-reactive ketones (excluding diaryl/α,β-unsaturated/α-hetero) is 1. The molecule has 0 bridgehead atoms. The number of hydrogen-bond donors (Lipinski definition) is 1. The van der Waals surface area contributed by atoms with Crippen LogP contribution in [0.5, 0.6) is 0 Å². The Balaban J connectivity index is 1.98. The quantitative estimate of drug-likeness (QED) is 0.654. The van der Waals surface area contributed by atoms with Gasteiger partial charge in [0.25, 0.3) is 0 Å². The zero-order valence-electron chi connectivity index (χ0n) is 10.1. The van der Waals surface area contributed by atoms with E-state index in [0.717, 1.165) is 0 Å². The number of carbonyl (C=O) groups is 2. The van der Waals surface area contributed by atoms with Crippen LogP contribution in [0.4, 0.5) is 0 Å². The number of ketones is 1. The van der Waals surface area contributed by atoms with Crippen LogP contribution in [0.1, 0.15) is 29.6 Å². The van der Waals surface area contributed by atoms with E-state index in [0.29, 0.717) is 24.8 Å². The summed E-state index contributed by atoms with van der Waals surface area (Å²) in [6, 6.07) is 9.14. The minimum atomic E-state index is -0.767. The largest absolute Gasteiger partial charge is 0.481 e. The Labute approximate surface area is 106 Å². The van der Waals surface area contributed by atoms with Gasteiger partial charge in [0.2, 0.25) is 0 Å². The van der Waals surface area contributed by atoms with Gasteiger partial charge < -0.3 is 5.11 Å². The van der Waals surface area contributed by atoms with Crippen LogP contribution in [-0.4, -0.2) is 16.9 Å². The highest BCUT2D eigenvalue weighted by atomic mass is 16.4. The van der Waals surface area contributed by atoms with Gasteiger partial charge in [-0.1, -0.05) is 42.5 Å². The van der Waals surface area contributed by atoms with Gasteiger partial charge in [-0.25, -0.2) is 0 Å². The summed E-state index contributed by atoms with van der Waals surface area (Å²) in [5.41, 5.74) is 0.698. The highest BCUT2D eigenvalue weighted by Crippen LogP contribution is 2.27. The fourth-order valence-corrected chi connectivity index (χ4v) is 2.31. The molecular formula is C15H16O3. The van der Waals surface area contributed by atoms with Gasteiger partial charge in [0.15, 0.2) is 5.78 Å². The summed E-state index contributed by atoms with van der Waals surface area (Å²) in [7, 11) is 0. The summed E-state index contributed by atoms with van der Waals surface area (Å²) in [6.45, 7) is 0. The molecule has 0 heterocycles. The number of rotatable bonds is 4. The molecule has 0 saturated heterocycles. The van der Waals surface area contributed by atoms with Crippen LogP contribution in [0.25, 0.3) is 0 Å². The van der Waals surface area contributed by atoms with Gasteiger partial charge in [-0.05, 0) is 18.8 Å². The molecule has 1 aliphatic carbocycles. The second kappa shape index (κ2) is 5.63. The number of benzene rings is 1. The van der Waals surface area contributed by atoms with Crippen LogP contribution in [0.3, 0.4) is 0 Å². The van der Waals surface area contributed by atoms with Crippen molar-refractivity contribution in [2.45, 2.75) is 19.3 Å². The number of hydrogen-bond acceptors (Lipinski definition) is 2. The lowest BCUT2D eigenvalue weighted by molar-refractivity contribution is -0.142. The third-order valence-corrected chi connectivity index (χ3v) is 3.31. The van der Waals surface area contributed by atoms with Crippen LogP contribution in [0, 0.1) is 11.8 Å². The van der Waals surface area contributed by atoms with Gasteiger partial charge in [0, 0.05) is 12.0 Å². The Kier molecular flexibility index (Phi) is 3.92. The highest BCUT2D eigenvalue weighted by molar-refractivity contribution is 5.96. The summed E-state index contributed by atoms with van der Waals surface area (Å²) >= 11 is 0. The molecular weight excluding hydrogens is 228 g/mol. The van der Waals surface area contributed by atoms with E-state index in [1.165, 1.54) is 0 Å². The molecule has 2 unspecified atom stereocenters. The lowest BCUT2D eigenvalue weighted by Crippen LogP contribution is -2.21. The molecule has 0 radical (unpaired) electrons. The summed E-state index contributed by atoms with van der Waals surface area (Å²) in [5.74, 6) is -0.982. The van der Waals surface area contributed by atoms with E-state index in [1.807, 2.05) is 30.4 Å². The van der Waals surface area contributed by atoms with Gasteiger partial charge in [0.05, 0.1) is 5.92 Å². The minimum absolute atomic E-state index is 0.0487. The number of carboxylic acid groups (broad SMARTS) is 1.